The lowest BCUT2D eigenvalue weighted by atomic mass is 10.4. The molecule has 0 rings (SSSR count). The van der Waals surface area contributed by atoms with E-state index < -0.39 is 28.5 Å². The fourth-order valence-corrected chi connectivity index (χ4v) is 1.20. The number of hydrogen-bond acceptors (Lipinski definition) is 4. The fourth-order valence-electron chi connectivity index (χ4n) is 0.727. The van der Waals surface area contributed by atoms with Gasteiger partial charge in [-0.2, -0.15) is 18.4 Å². The number of hydrogen-bond donors (Lipinski definition) is 0. The van der Waals surface area contributed by atoms with Crippen molar-refractivity contribution in [1.82, 2.24) is 0 Å². The Morgan fingerprint density at radius 3 is 2.33 bits per heavy atom. The molecular weight excluding hydrogens is 231 g/mol. The SMILES string of the molecule is COC(CC=C(C#N)SC(F)(F)F)OC. The largest absolute Gasteiger partial charge is 0.447 e. The van der Waals surface area contributed by atoms with Crippen LogP contribution in [0.3, 0.4) is 0 Å². The molecule has 0 aromatic heterocycles. The van der Waals surface area contributed by atoms with Crippen LogP contribution in [0.5, 0.6) is 0 Å². The summed E-state index contributed by atoms with van der Waals surface area (Å²) < 4.78 is 45.2. The second kappa shape index (κ2) is 6.71. The first kappa shape index (κ1) is 14.3. The second-order valence-electron chi connectivity index (χ2n) is 2.36. The van der Waals surface area contributed by atoms with Crippen LogP contribution >= 0.6 is 11.8 Å². The Bertz CT molecular complexity index is 256. The summed E-state index contributed by atoms with van der Waals surface area (Å²) in [7, 11) is 2.73. The van der Waals surface area contributed by atoms with E-state index in [1.807, 2.05) is 0 Å². The lowest BCUT2D eigenvalue weighted by Gasteiger charge is -2.10. The Kier molecular flexibility index (Phi) is 6.40. The van der Waals surface area contributed by atoms with Crippen LogP contribution in [0.25, 0.3) is 0 Å². The molecule has 3 nitrogen and oxygen atoms in total. The molecule has 0 aliphatic carbocycles. The molecule has 0 saturated heterocycles. The van der Waals surface area contributed by atoms with Gasteiger partial charge in [-0.3, -0.25) is 0 Å². The maximum atomic E-state index is 11.9. The third-order valence-corrected chi connectivity index (χ3v) is 2.07. The van der Waals surface area contributed by atoms with Crippen molar-refractivity contribution in [2.45, 2.75) is 18.2 Å². The highest BCUT2D eigenvalue weighted by Crippen LogP contribution is 2.36. The number of nitrogens with zero attached hydrogens (tertiary/aromatic N) is 1. The molecule has 7 heteroatoms. The molecule has 0 amide bonds. The van der Waals surface area contributed by atoms with E-state index in [1.54, 1.807) is 0 Å². The number of thioether (sulfide) groups is 1. The van der Waals surface area contributed by atoms with Gasteiger partial charge in [0, 0.05) is 20.6 Å². The van der Waals surface area contributed by atoms with Crippen LogP contribution in [-0.2, 0) is 9.47 Å². The minimum absolute atomic E-state index is 0.0962. The van der Waals surface area contributed by atoms with Crippen molar-refractivity contribution in [3.63, 3.8) is 0 Å². The van der Waals surface area contributed by atoms with E-state index >= 15 is 0 Å². The summed E-state index contributed by atoms with van der Waals surface area (Å²) in [6.45, 7) is 0. The van der Waals surface area contributed by atoms with Gasteiger partial charge in [-0.1, -0.05) is 6.08 Å². The fraction of sp³-hybridized carbons (Fsp3) is 0.625. The maximum Gasteiger partial charge on any atom is 0.447 e. The van der Waals surface area contributed by atoms with Gasteiger partial charge in [0.05, 0.1) is 4.91 Å². The van der Waals surface area contributed by atoms with E-state index in [0.717, 1.165) is 6.08 Å². The van der Waals surface area contributed by atoms with Gasteiger partial charge in [0.2, 0.25) is 0 Å². The van der Waals surface area contributed by atoms with Crippen LogP contribution in [0.2, 0.25) is 0 Å². The molecule has 0 aliphatic heterocycles. The summed E-state index contributed by atoms with van der Waals surface area (Å²) in [5, 5.41) is 8.43. The minimum Gasteiger partial charge on any atom is -0.356 e. The third kappa shape index (κ3) is 7.25. The van der Waals surface area contributed by atoms with Gasteiger partial charge < -0.3 is 9.47 Å². The van der Waals surface area contributed by atoms with Crippen LogP contribution < -0.4 is 0 Å². The van der Waals surface area contributed by atoms with Crippen molar-refractivity contribution in [3.05, 3.63) is 11.0 Å². The zero-order valence-electron chi connectivity index (χ0n) is 8.17. The van der Waals surface area contributed by atoms with Gasteiger partial charge in [0.1, 0.15) is 6.07 Å². The average Bonchev–Trinajstić information content (AvgIpc) is 2.15. The number of methoxy groups -OCH3 is 2. The molecule has 0 fully saturated rings. The Labute approximate surface area is 89.8 Å². The summed E-state index contributed by atoms with van der Waals surface area (Å²) in [5.41, 5.74) is -4.45. The summed E-state index contributed by atoms with van der Waals surface area (Å²) in [5.74, 6) is 0. The number of alkyl halides is 3. The molecule has 0 aliphatic rings. The first-order valence-electron chi connectivity index (χ1n) is 3.84. The topological polar surface area (TPSA) is 42.2 Å². The maximum absolute atomic E-state index is 11.9. The standard InChI is InChI=1S/C8H10F3NO2S/c1-13-7(14-2)4-3-6(5-12)15-8(9,10)11/h3,7H,4H2,1-2H3. The quantitative estimate of drug-likeness (QED) is 0.548. The summed E-state index contributed by atoms with van der Waals surface area (Å²) in [4.78, 5) is -0.415. The van der Waals surface area contributed by atoms with Crippen molar-refractivity contribution in [2.24, 2.45) is 0 Å². The summed E-state index contributed by atoms with van der Waals surface area (Å²) >= 11 is -0.446. The van der Waals surface area contributed by atoms with Gasteiger partial charge >= 0.3 is 5.51 Å². The molecule has 0 heterocycles. The first-order chi connectivity index (χ1) is 6.92. The molecule has 15 heavy (non-hydrogen) atoms. The molecule has 0 aromatic rings. The number of ether oxygens (including phenoxy) is 2. The van der Waals surface area contributed by atoms with Gasteiger partial charge in [0.15, 0.2) is 6.29 Å². The average molecular weight is 241 g/mol. The van der Waals surface area contributed by atoms with Crippen LogP contribution in [0.1, 0.15) is 6.42 Å². The van der Waals surface area contributed by atoms with E-state index in [9.17, 15) is 13.2 Å². The van der Waals surface area contributed by atoms with E-state index in [1.165, 1.54) is 20.3 Å². The van der Waals surface area contributed by atoms with Crippen molar-refractivity contribution in [3.8, 4) is 6.07 Å². The molecule has 0 spiro atoms. The summed E-state index contributed by atoms with van der Waals surface area (Å²) in [6, 6.07) is 1.46. The molecule has 0 atom stereocenters. The van der Waals surface area contributed by atoms with Crippen molar-refractivity contribution < 1.29 is 22.6 Å². The van der Waals surface area contributed by atoms with Gasteiger partial charge in [-0.15, -0.1) is 0 Å². The lowest BCUT2D eigenvalue weighted by Crippen LogP contribution is -2.11. The number of rotatable bonds is 5. The Hall–Kier alpha value is -0.710. The predicted octanol–water partition coefficient (Wildman–Crippen LogP) is 2.66. The van der Waals surface area contributed by atoms with Crippen LogP contribution in [0.15, 0.2) is 11.0 Å². The van der Waals surface area contributed by atoms with Crippen molar-refractivity contribution >= 4 is 11.8 Å². The van der Waals surface area contributed by atoms with Crippen LogP contribution in [0.4, 0.5) is 13.2 Å². The van der Waals surface area contributed by atoms with Crippen molar-refractivity contribution in [2.75, 3.05) is 14.2 Å². The molecule has 0 aromatic carbocycles. The molecule has 86 valence electrons. The van der Waals surface area contributed by atoms with E-state index in [-0.39, 0.29) is 6.42 Å². The normalized spacial score (nSPS) is 13.0. The smallest absolute Gasteiger partial charge is 0.356 e. The molecule has 0 bridgehead atoms. The van der Waals surface area contributed by atoms with E-state index in [2.05, 4.69) is 0 Å². The van der Waals surface area contributed by atoms with Crippen LogP contribution in [-0.4, -0.2) is 26.0 Å². The lowest BCUT2D eigenvalue weighted by molar-refractivity contribution is -0.0986. The van der Waals surface area contributed by atoms with Crippen molar-refractivity contribution in [1.29, 1.82) is 5.26 Å². The van der Waals surface area contributed by atoms with Crippen LogP contribution in [0, 0.1) is 11.3 Å². The monoisotopic (exact) mass is 241 g/mol. The highest BCUT2D eigenvalue weighted by atomic mass is 32.2. The Morgan fingerprint density at radius 2 is 2.00 bits per heavy atom. The minimum atomic E-state index is -4.45. The van der Waals surface area contributed by atoms with Gasteiger partial charge in [-0.25, -0.2) is 0 Å². The predicted molar refractivity (Wildman–Crippen MR) is 49.8 cm³/mol. The molecule has 0 N–H and O–H groups in total. The Morgan fingerprint density at radius 1 is 1.47 bits per heavy atom. The highest BCUT2D eigenvalue weighted by molar-refractivity contribution is 8.04. The van der Waals surface area contributed by atoms with Gasteiger partial charge in [-0.05, 0) is 11.8 Å². The molecule has 0 saturated carbocycles. The Balaban J connectivity index is 4.30. The first-order valence-corrected chi connectivity index (χ1v) is 4.66. The molecule has 0 unspecified atom stereocenters. The summed E-state index contributed by atoms with van der Waals surface area (Å²) in [6.07, 6.45) is 0.594. The number of allylic oxidation sites excluding steroid dienone is 1. The zero-order valence-corrected chi connectivity index (χ0v) is 8.98. The van der Waals surface area contributed by atoms with Gasteiger partial charge in [0.25, 0.3) is 0 Å². The highest BCUT2D eigenvalue weighted by Gasteiger charge is 2.30. The van der Waals surface area contributed by atoms with E-state index in [0.29, 0.717) is 0 Å². The number of halogens is 3. The van der Waals surface area contributed by atoms with E-state index in [4.69, 9.17) is 14.7 Å². The third-order valence-electron chi connectivity index (χ3n) is 1.36. The molecule has 0 radical (unpaired) electrons. The second-order valence-corrected chi connectivity index (χ2v) is 3.47. The zero-order chi connectivity index (χ0) is 11.9. The molecular formula is C8H10F3NO2S. The number of nitriles is 1.